The molecule has 0 aliphatic rings. The van der Waals surface area contributed by atoms with Gasteiger partial charge in [0, 0.05) is 23.8 Å². The van der Waals surface area contributed by atoms with E-state index >= 15 is 0 Å². The summed E-state index contributed by atoms with van der Waals surface area (Å²) >= 11 is 0. The van der Waals surface area contributed by atoms with Crippen molar-refractivity contribution in [1.29, 1.82) is 0 Å². The van der Waals surface area contributed by atoms with Crippen LogP contribution in [-0.4, -0.2) is 14.7 Å². The number of hydrogen-bond acceptors (Lipinski definition) is 4. The summed E-state index contributed by atoms with van der Waals surface area (Å²) in [5.74, 6) is 0.00196. The number of nitrogens with two attached hydrogens (primary N) is 1. The maximum atomic E-state index is 11.2. The molecule has 0 unspecified atom stereocenters. The predicted molar refractivity (Wildman–Crippen MR) is 62.7 cm³/mol. The van der Waals surface area contributed by atoms with Crippen molar-refractivity contribution in [2.45, 2.75) is 12.3 Å². The molecular weight excluding hydrogens is 226 g/mol. The van der Waals surface area contributed by atoms with Crippen molar-refractivity contribution < 1.29 is 12.8 Å². The van der Waals surface area contributed by atoms with Crippen LogP contribution in [0, 0.1) is 0 Å². The summed E-state index contributed by atoms with van der Waals surface area (Å²) < 4.78 is 27.7. The molecule has 1 aromatic carbocycles. The lowest BCUT2D eigenvalue weighted by Gasteiger charge is -1.97. The minimum absolute atomic E-state index is 0.00196. The molecular formula is C11H13NO3S. The number of fused-ring (bicyclic) bond motifs is 1. The molecule has 0 fully saturated rings. The Balaban J connectivity index is 2.50. The fourth-order valence-electron chi connectivity index (χ4n) is 1.65. The molecule has 0 aliphatic carbocycles. The average Bonchev–Trinajstić information content (AvgIpc) is 2.58. The van der Waals surface area contributed by atoms with Crippen molar-refractivity contribution in [2.24, 2.45) is 5.73 Å². The summed E-state index contributed by atoms with van der Waals surface area (Å²) in [7, 11) is -3.04. The molecule has 0 radical (unpaired) electrons. The van der Waals surface area contributed by atoms with E-state index in [1.54, 1.807) is 0 Å². The Bertz CT molecular complexity index is 613. The standard InChI is InChI=1S/C11H13NO3S/c1-16(13,14)7-9-6-15-11-4-8(5-12)2-3-10(9)11/h2-4,6H,5,7,12H2,1H3. The Morgan fingerprint density at radius 2 is 2.12 bits per heavy atom. The van der Waals surface area contributed by atoms with Crippen molar-refractivity contribution in [2.75, 3.05) is 6.26 Å². The molecule has 0 spiro atoms. The highest BCUT2D eigenvalue weighted by Gasteiger charge is 2.11. The van der Waals surface area contributed by atoms with E-state index in [1.165, 1.54) is 12.5 Å². The first-order valence-electron chi connectivity index (χ1n) is 4.86. The van der Waals surface area contributed by atoms with Gasteiger partial charge in [-0.1, -0.05) is 12.1 Å². The molecule has 2 aromatic rings. The minimum Gasteiger partial charge on any atom is -0.464 e. The summed E-state index contributed by atoms with van der Waals surface area (Å²) in [6.07, 6.45) is 2.70. The molecule has 4 nitrogen and oxygen atoms in total. The van der Waals surface area contributed by atoms with Gasteiger partial charge in [-0.2, -0.15) is 0 Å². The maximum Gasteiger partial charge on any atom is 0.151 e. The second kappa shape index (κ2) is 3.92. The molecule has 1 aromatic heterocycles. The molecule has 16 heavy (non-hydrogen) atoms. The first kappa shape index (κ1) is 11.2. The summed E-state index contributed by atoms with van der Waals surface area (Å²) in [4.78, 5) is 0. The SMILES string of the molecule is CS(=O)(=O)Cc1coc2cc(CN)ccc12. The smallest absolute Gasteiger partial charge is 0.151 e. The van der Waals surface area contributed by atoms with Gasteiger partial charge in [-0.25, -0.2) is 8.42 Å². The van der Waals surface area contributed by atoms with Crippen molar-refractivity contribution >= 4 is 20.8 Å². The van der Waals surface area contributed by atoms with Gasteiger partial charge in [-0.3, -0.25) is 0 Å². The first-order valence-corrected chi connectivity index (χ1v) is 6.92. The third-order valence-electron chi connectivity index (χ3n) is 2.37. The number of benzene rings is 1. The van der Waals surface area contributed by atoms with Gasteiger partial charge in [0.1, 0.15) is 5.58 Å². The van der Waals surface area contributed by atoms with Gasteiger partial charge in [0.2, 0.25) is 0 Å². The van der Waals surface area contributed by atoms with Crippen molar-refractivity contribution in [3.05, 3.63) is 35.6 Å². The topological polar surface area (TPSA) is 73.3 Å². The van der Waals surface area contributed by atoms with E-state index in [-0.39, 0.29) is 5.75 Å². The maximum absolute atomic E-state index is 11.2. The fourth-order valence-corrected chi connectivity index (χ4v) is 2.44. The molecule has 0 bridgehead atoms. The third-order valence-corrected chi connectivity index (χ3v) is 3.21. The molecule has 0 amide bonds. The Morgan fingerprint density at radius 1 is 1.38 bits per heavy atom. The Labute approximate surface area is 94.0 Å². The van der Waals surface area contributed by atoms with Crippen LogP contribution in [-0.2, 0) is 22.1 Å². The highest BCUT2D eigenvalue weighted by atomic mass is 32.2. The van der Waals surface area contributed by atoms with Crippen LogP contribution in [0.1, 0.15) is 11.1 Å². The molecule has 0 atom stereocenters. The first-order chi connectivity index (χ1) is 7.49. The molecule has 0 saturated heterocycles. The molecule has 2 rings (SSSR count). The quantitative estimate of drug-likeness (QED) is 0.879. The van der Waals surface area contributed by atoms with Gasteiger partial charge in [-0.05, 0) is 11.6 Å². The van der Waals surface area contributed by atoms with E-state index in [2.05, 4.69) is 0 Å². The van der Waals surface area contributed by atoms with Crippen molar-refractivity contribution in [3.63, 3.8) is 0 Å². The van der Waals surface area contributed by atoms with Crippen LogP contribution in [0.25, 0.3) is 11.0 Å². The zero-order valence-electron chi connectivity index (χ0n) is 8.93. The number of sulfone groups is 1. The minimum atomic E-state index is -3.04. The largest absolute Gasteiger partial charge is 0.464 e. The van der Waals surface area contributed by atoms with Crippen LogP contribution in [0.3, 0.4) is 0 Å². The van der Waals surface area contributed by atoms with Crippen molar-refractivity contribution in [1.82, 2.24) is 0 Å². The zero-order valence-corrected chi connectivity index (χ0v) is 9.75. The van der Waals surface area contributed by atoms with E-state index in [0.29, 0.717) is 17.7 Å². The molecule has 2 N–H and O–H groups in total. The van der Waals surface area contributed by atoms with Gasteiger partial charge in [0.05, 0.1) is 12.0 Å². The van der Waals surface area contributed by atoms with E-state index in [9.17, 15) is 8.42 Å². The second-order valence-electron chi connectivity index (χ2n) is 3.87. The summed E-state index contributed by atoms with van der Waals surface area (Å²) in [5, 5.41) is 0.836. The summed E-state index contributed by atoms with van der Waals surface area (Å²) in [6, 6.07) is 5.56. The summed E-state index contributed by atoms with van der Waals surface area (Å²) in [6.45, 7) is 0.443. The van der Waals surface area contributed by atoms with Gasteiger partial charge < -0.3 is 10.2 Å². The van der Waals surface area contributed by atoms with Crippen LogP contribution in [0.4, 0.5) is 0 Å². The predicted octanol–water partition coefficient (Wildman–Crippen LogP) is 1.44. The van der Waals surface area contributed by atoms with Gasteiger partial charge in [0.25, 0.3) is 0 Å². The highest BCUT2D eigenvalue weighted by Crippen LogP contribution is 2.23. The molecule has 0 saturated carbocycles. The van der Waals surface area contributed by atoms with Crippen LogP contribution < -0.4 is 5.73 Å². The number of rotatable bonds is 3. The van der Waals surface area contributed by atoms with Gasteiger partial charge >= 0.3 is 0 Å². The summed E-state index contributed by atoms with van der Waals surface area (Å²) in [5.41, 5.74) is 7.85. The molecule has 0 aliphatic heterocycles. The second-order valence-corrected chi connectivity index (χ2v) is 6.01. The lowest BCUT2D eigenvalue weighted by molar-refractivity contribution is 0.596. The normalized spacial score (nSPS) is 12.1. The Kier molecular flexibility index (Phi) is 2.73. The lowest BCUT2D eigenvalue weighted by Crippen LogP contribution is -2.00. The molecule has 86 valence electrons. The third kappa shape index (κ3) is 2.25. The average molecular weight is 239 g/mol. The van der Waals surface area contributed by atoms with E-state index < -0.39 is 9.84 Å². The van der Waals surface area contributed by atoms with Crippen LogP contribution >= 0.6 is 0 Å². The lowest BCUT2D eigenvalue weighted by atomic mass is 10.1. The van der Waals surface area contributed by atoms with Crippen molar-refractivity contribution in [3.8, 4) is 0 Å². The molecule has 1 heterocycles. The van der Waals surface area contributed by atoms with E-state index in [4.69, 9.17) is 10.2 Å². The fraction of sp³-hybridized carbons (Fsp3) is 0.273. The number of furan rings is 1. The van der Waals surface area contributed by atoms with Gasteiger partial charge in [0.15, 0.2) is 9.84 Å². The van der Waals surface area contributed by atoms with Crippen LogP contribution in [0.15, 0.2) is 28.9 Å². The van der Waals surface area contributed by atoms with Crippen LogP contribution in [0.2, 0.25) is 0 Å². The van der Waals surface area contributed by atoms with Crippen LogP contribution in [0.5, 0.6) is 0 Å². The van der Waals surface area contributed by atoms with E-state index in [0.717, 1.165) is 10.9 Å². The number of hydrogen-bond donors (Lipinski definition) is 1. The zero-order chi connectivity index (χ0) is 11.8. The Hall–Kier alpha value is -1.33. The molecule has 5 heteroatoms. The van der Waals surface area contributed by atoms with Gasteiger partial charge in [-0.15, -0.1) is 0 Å². The highest BCUT2D eigenvalue weighted by molar-refractivity contribution is 7.89. The van der Waals surface area contributed by atoms with E-state index in [1.807, 2.05) is 18.2 Å². The Morgan fingerprint density at radius 3 is 2.75 bits per heavy atom. The monoisotopic (exact) mass is 239 g/mol.